The molecule has 1 aliphatic carbocycles. The zero-order valence-corrected chi connectivity index (χ0v) is 10.4. The molecular formula is C12H13ClN4. The number of imidazole rings is 1. The molecule has 0 amide bonds. The Morgan fingerprint density at radius 1 is 1.41 bits per heavy atom. The molecule has 0 aromatic carbocycles. The molecule has 0 saturated heterocycles. The fourth-order valence-corrected chi connectivity index (χ4v) is 2.09. The van der Waals surface area contributed by atoms with Crippen molar-refractivity contribution in [1.82, 2.24) is 19.5 Å². The van der Waals surface area contributed by atoms with E-state index in [-0.39, 0.29) is 0 Å². The van der Waals surface area contributed by atoms with E-state index in [0.29, 0.717) is 16.9 Å². The Hall–Kier alpha value is -1.42. The first-order chi connectivity index (χ1) is 8.28. The summed E-state index contributed by atoms with van der Waals surface area (Å²) in [7, 11) is 0. The summed E-state index contributed by atoms with van der Waals surface area (Å²) in [5.41, 5.74) is 1.99. The predicted octanol–water partition coefficient (Wildman–Crippen LogP) is 2.89. The van der Waals surface area contributed by atoms with Crippen molar-refractivity contribution in [3.8, 4) is 11.5 Å². The van der Waals surface area contributed by atoms with Crippen LogP contribution in [0.1, 0.15) is 31.4 Å². The third-order valence-corrected chi connectivity index (χ3v) is 3.19. The molecule has 0 aliphatic heterocycles. The summed E-state index contributed by atoms with van der Waals surface area (Å²) in [5, 5.41) is 0.515. The molecule has 1 saturated carbocycles. The normalized spacial score (nSPS) is 15.2. The maximum absolute atomic E-state index is 6.05. The van der Waals surface area contributed by atoms with Crippen molar-refractivity contribution in [3.63, 3.8) is 0 Å². The number of halogens is 1. The highest BCUT2D eigenvalue weighted by molar-refractivity contribution is 6.29. The van der Waals surface area contributed by atoms with Crippen molar-refractivity contribution in [2.45, 2.75) is 32.2 Å². The van der Waals surface area contributed by atoms with E-state index in [1.807, 2.05) is 10.6 Å². The lowest BCUT2D eigenvalue weighted by Gasteiger charge is -2.06. The van der Waals surface area contributed by atoms with Crippen LogP contribution in [0.2, 0.25) is 5.15 Å². The van der Waals surface area contributed by atoms with E-state index >= 15 is 0 Å². The molecule has 88 valence electrons. The lowest BCUT2D eigenvalue weighted by molar-refractivity contribution is 0.762. The van der Waals surface area contributed by atoms with Crippen molar-refractivity contribution >= 4 is 11.6 Å². The zero-order valence-electron chi connectivity index (χ0n) is 9.60. The van der Waals surface area contributed by atoms with Gasteiger partial charge in [-0.05, 0) is 25.8 Å². The Balaban J connectivity index is 2.07. The molecule has 1 aliphatic rings. The van der Waals surface area contributed by atoms with E-state index in [1.54, 1.807) is 12.5 Å². The molecule has 4 nitrogen and oxygen atoms in total. The molecule has 0 bridgehead atoms. The zero-order chi connectivity index (χ0) is 11.8. The van der Waals surface area contributed by atoms with E-state index in [9.17, 15) is 0 Å². The first kappa shape index (κ1) is 10.7. The van der Waals surface area contributed by atoms with Gasteiger partial charge in [-0.3, -0.25) is 0 Å². The van der Waals surface area contributed by atoms with Crippen LogP contribution in [0.25, 0.3) is 11.5 Å². The van der Waals surface area contributed by atoms with E-state index in [2.05, 4.69) is 21.9 Å². The monoisotopic (exact) mass is 248 g/mol. The van der Waals surface area contributed by atoms with Gasteiger partial charge in [0.2, 0.25) is 0 Å². The molecular weight excluding hydrogens is 236 g/mol. The number of aryl methyl sites for hydroxylation is 1. The van der Waals surface area contributed by atoms with Crippen LogP contribution in [0.15, 0.2) is 18.6 Å². The van der Waals surface area contributed by atoms with Gasteiger partial charge in [0, 0.05) is 18.2 Å². The molecule has 0 spiro atoms. The Kier molecular flexibility index (Phi) is 2.59. The van der Waals surface area contributed by atoms with Crippen LogP contribution >= 0.6 is 11.6 Å². The molecule has 2 heterocycles. The van der Waals surface area contributed by atoms with Gasteiger partial charge in [0.15, 0.2) is 5.82 Å². The Morgan fingerprint density at radius 2 is 2.24 bits per heavy atom. The number of rotatable bonds is 3. The van der Waals surface area contributed by atoms with Crippen molar-refractivity contribution in [2.75, 3.05) is 0 Å². The second-order valence-corrected chi connectivity index (χ2v) is 4.67. The molecule has 5 heteroatoms. The fourth-order valence-electron chi connectivity index (χ4n) is 1.90. The van der Waals surface area contributed by atoms with Crippen LogP contribution in [0.3, 0.4) is 0 Å². The quantitative estimate of drug-likeness (QED) is 0.785. The average Bonchev–Trinajstić information content (AvgIpc) is 3.06. The molecule has 2 aromatic heterocycles. The number of hydrogen-bond acceptors (Lipinski definition) is 3. The third-order valence-electron chi connectivity index (χ3n) is 2.99. The first-order valence-electron chi connectivity index (χ1n) is 5.83. The number of nitrogens with zero attached hydrogens (tertiary/aromatic N) is 4. The minimum atomic E-state index is 0.515. The van der Waals surface area contributed by atoms with Gasteiger partial charge in [0.05, 0.1) is 12.5 Å². The van der Waals surface area contributed by atoms with Crippen LogP contribution < -0.4 is 0 Å². The summed E-state index contributed by atoms with van der Waals surface area (Å²) >= 11 is 6.05. The smallest absolute Gasteiger partial charge is 0.179 e. The molecule has 3 rings (SSSR count). The molecule has 2 aromatic rings. The van der Waals surface area contributed by atoms with E-state index in [0.717, 1.165) is 17.9 Å². The van der Waals surface area contributed by atoms with Gasteiger partial charge in [-0.1, -0.05) is 11.6 Å². The lowest BCUT2D eigenvalue weighted by Crippen LogP contribution is -2.00. The van der Waals surface area contributed by atoms with Crippen molar-refractivity contribution in [1.29, 1.82) is 0 Å². The summed E-state index contributed by atoms with van der Waals surface area (Å²) < 4.78 is 2.02. The predicted molar refractivity (Wildman–Crippen MR) is 65.9 cm³/mol. The van der Waals surface area contributed by atoms with Crippen LogP contribution in [-0.2, 0) is 6.54 Å². The summed E-state index contributed by atoms with van der Waals surface area (Å²) in [6.07, 6.45) is 5.99. The highest BCUT2D eigenvalue weighted by atomic mass is 35.5. The molecule has 0 unspecified atom stereocenters. The van der Waals surface area contributed by atoms with E-state index in [4.69, 9.17) is 11.6 Å². The van der Waals surface area contributed by atoms with Crippen LogP contribution in [0.4, 0.5) is 0 Å². The summed E-state index contributed by atoms with van der Waals surface area (Å²) in [5.74, 6) is 1.26. The molecule has 0 N–H and O–H groups in total. The summed E-state index contributed by atoms with van der Waals surface area (Å²) in [4.78, 5) is 13.0. The summed E-state index contributed by atoms with van der Waals surface area (Å²) in [6, 6.07) is 1.87. The SMILES string of the molecule is CCn1cncc1-c1nc(Cl)cc(C2CC2)n1. The van der Waals surface area contributed by atoms with Gasteiger partial charge in [0.25, 0.3) is 0 Å². The Bertz CT molecular complexity index is 545. The van der Waals surface area contributed by atoms with Gasteiger partial charge in [-0.2, -0.15) is 0 Å². The van der Waals surface area contributed by atoms with Gasteiger partial charge >= 0.3 is 0 Å². The number of aromatic nitrogens is 4. The second kappa shape index (κ2) is 4.11. The van der Waals surface area contributed by atoms with Crippen molar-refractivity contribution in [3.05, 3.63) is 29.4 Å². The van der Waals surface area contributed by atoms with Gasteiger partial charge in [0.1, 0.15) is 10.8 Å². The molecule has 17 heavy (non-hydrogen) atoms. The van der Waals surface area contributed by atoms with Crippen molar-refractivity contribution < 1.29 is 0 Å². The van der Waals surface area contributed by atoms with E-state index in [1.165, 1.54) is 12.8 Å². The van der Waals surface area contributed by atoms with Crippen LogP contribution in [0.5, 0.6) is 0 Å². The topological polar surface area (TPSA) is 43.6 Å². The fraction of sp³-hybridized carbons (Fsp3) is 0.417. The maximum Gasteiger partial charge on any atom is 0.179 e. The van der Waals surface area contributed by atoms with E-state index < -0.39 is 0 Å². The third kappa shape index (κ3) is 2.05. The van der Waals surface area contributed by atoms with Crippen molar-refractivity contribution in [2.24, 2.45) is 0 Å². The standard InChI is InChI=1S/C12H13ClN4/c1-2-17-7-14-6-10(17)12-15-9(8-3-4-8)5-11(13)16-12/h5-8H,2-4H2,1H3. The Labute approximate surface area is 105 Å². The van der Waals surface area contributed by atoms with Crippen LogP contribution in [-0.4, -0.2) is 19.5 Å². The van der Waals surface area contributed by atoms with Crippen LogP contribution in [0, 0.1) is 0 Å². The van der Waals surface area contributed by atoms with Gasteiger partial charge in [-0.25, -0.2) is 15.0 Å². The first-order valence-corrected chi connectivity index (χ1v) is 6.20. The molecule has 0 atom stereocenters. The second-order valence-electron chi connectivity index (χ2n) is 4.28. The molecule has 1 fully saturated rings. The highest BCUT2D eigenvalue weighted by Gasteiger charge is 2.26. The lowest BCUT2D eigenvalue weighted by atomic mass is 10.3. The Morgan fingerprint density at radius 3 is 2.94 bits per heavy atom. The van der Waals surface area contributed by atoms with Gasteiger partial charge in [-0.15, -0.1) is 0 Å². The largest absolute Gasteiger partial charge is 0.328 e. The average molecular weight is 249 g/mol. The van der Waals surface area contributed by atoms with Gasteiger partial charge < -0.3 is 4.57 Å². The maximum atomic E-state index is 6.05. The molecule has 0 radical (unpaired) electrons. The highest BCUT2D eigenvalue weighted by Crippen LogP contribution is 2.40. The minimum absolute atomic E-state index is 0.515. The number of hydrogen-bond donors (Lipinski definition) is 0. The summed E-state index contributed by atoms with van der Waals surface area (Å²) in [6.45, 7) is 2.92. The minimum Gasteiger partial charge on any atom is -0.328 e.